The molecule has 0 aromatic carbocycles. The van der Waals surface area contributed by atoms with Crippen molar-refractivity contribution in [2.24, 2.45) is 0 Å². The lowest BCUT2D eigenvalue weighted by atomic mass is 10.4. The monoisotopic (exact) mass is 270 g/mol. The normalized spacial score (nSPS) is 26.2. The summed E-state index contributed by atoms with van der Waals surface area (Å²) < 4.78 is 28.0. The highest BCUT2D eigenvalue weighted by Gasteiger charge is 2.34. The van der Waals surface area contributed by atoms with E-state index in [9.17, 15) is 4.57 Å². The van der Waals surface area contributed by atoms with Gasteiger partial charge in [0.1, 0.15) is 5.44 Å². The van der Waals surface area contributed by atoms with Crippen LogP contribution in [-0.2, 0) is 18.3 Å². The van der Waals surface area contributed by atoms with E-state index in [0.717, 1.165) is 5.75 Å². The van der Waals surface area contributed by atoms with Crippen LogP contribution in [0.25, 0.3) is 0 Å². The molecule has 16 heavy (non-hydrogen) atoms. The second-order valence-electron chi connectivity index (χ2n) is 3.33. The van der Waals surface area contributed by atoms with Crippen LogP contribution in [0.15, 0.2) is 0 Å². The van der Waals surface area contributed by atoms with Crippen molar-refractivity contribution in [3.63, 3.8) is 0 Å². The molecule has 1 aliphatic heterocycles. The van der Waals surface area contributed by atoms with Crippen LogP contribution in [0.3, 0.4) is 0 Å². The third-order valence-electron chi connectivity index (χ3n) is 2.04. The van der Waals surface area contributed by atoms with E-state index in [1.165, 1.54) is 11.8 Å². The molecule has 2 atom stereocenters. The van der Waals surface area contributed by atoms with Crippen LogP contribution in [0.5, 0.6) is 0 Å². The number of hydrogen-bond acceptors (Lipinski definition) is 6. The van der Waals surface area contributed by atoms with Gasteiger partial charge < -0.3 is 18.9 Å². The molecule has 5 nitrogen and oxygen atoms in total. The molecule has 1 rings (SSSR count). The van der Waals surface area contributed by atoms with Gasteiger partial charge in [0.15, 0.2) is 0 Å². The summed E-state index contributed by atoms with van der Waals surface area (Å²) in [7, 11) is -3.03. The van der Waals surface area contributed by atoms with E-state index < -0.39 is 7.60 Å². The van der Waals surface area contributed by atoms with E-state index in [0.29, 0.717) is 13.2 Å². The molecule has 96 valence electrons. The van der Waals surface area contributed by atoms with Crippen LogP contribution < -0.4 is 0 Å². The number of thioether (sulfide) groups is 1. The average Bonchev–Trinajstić information content (AvgIpc) is 2.65. The van der Waals surface area contributed by atoms with E-state index >= 15 is 0 Å². The quantitative estimate of drug-likeness (QED) is 0.710. The van der Waals surface area contributed by atoms with Gasteiger partial charge in [-0.2, -0.15) is 0 Å². The van der Waals surface area contributed by atoms with Crippen LogP contribution >= 0.6 is 19.4 Å². The highest BCUT2D eigenvalue weighted by atomic mass is 32.2. The first kappa shape index (κ1) is 14.5. The Labute approximate surface area is 100 Å². The molecule has 0 amide bonds. The summed E-state index contributed by atoms with van der Waals surface area (Å²) in [5, 5.41) is 8.92. The molecule has 0 aromatic heterocycles. The van der Waals surface area contributed by atoms with Gasteiger partial charge in [0.25, 0.3) is 0 Å². The van der Waals surface area contributed by atoms with Gasteiger partial charge in [-0.15, -0.1) is 11.8 Å². The van der Waals surface area contributed by atoms with Gasteiger partial charge in [-0.25, -0.2) is 0 Å². The third kappa shape index (κ3) is 4.35. The van der Waals surface area contributed by atoms with Crippen molar-refractivity contribution in [1.29, 1.82) is 0 Å². The summed E-state index contributed by atoms with van der Waals surface area (Å²) in [6.07, 6.45) is 0.0854. The van der Waals surface area contributed by atoms with Crippen molar-refractivity contribution in [3.05, 3.63) is 0 Å². The summed E-state index contributed by atoms with van der Waals surface area (Å²) in [5.74, 6) is 0.722. The van der Waals surface area contributed by atoms with Gasteiger partial charge in [0.05, 0.1) is 32.1 Å². The number of aliphatic hydroxyl groups is 1. The Kier molecular flexibility index (Phi) is 6.32. The molecule has 0 aliphatic carbocycles. The Balaban J connectivity index is 2.46. The van der Waals surface area contributed by atoms with Gasteiger partial charge in [0.2, 0.25) is 0 Å². The zero-order chi connectivity index (χ0) is 12.0. The molecule has 2 unspecified atom stereocenters. The Morgan fingerprint density at radius 2 is 2.06 bits per heavy atom. The van der Waals surface area contributed by atoms with Crippen LogP contribution in [0.2, 0.25) is 0 Å². The zero-order valence-corrected chi connectivity index (χ0v) is 11.3. The molecule has 1 N–H and O–H groups in total. The van der Waals surface area contributed by atoms with Gasteiger partial charge in [0, 0.05) is 5.75 Å². The summed E-state index contributed by atoms with van der Waals surface area (Å²) in [5.41, 5.74) is -0.207. The molecule has 1 fully saturated rings. The number of aliphatic hydroxyl groups excluding tert-OH is 1. The molecule has 0 radical (unpaired) electrons. The van der Waals surface area contributed by atoms with Crippen molar-refractivity contribution in [2.45, 2.75) is 25.4 Å². The molecule has 1 heterocycles. The zero-order valence-electron chi connectivity index (χ0n) is 9.63. The first-order valence-electron chi connectivity index (χ1n) is 5.39. The fourth-order valence-corrected chi connectivity index (χ4v) is 4.76. The van der Waals surface area contributed by atoms with Crippen molar-refractivity contribution < 1.29 is 23.5 Å². The molecule has 0 bridgehead atoms. The van der Waals surface area contributed by atoms with Gasteiger partial charge in [-0.05, 0) is 13.8 Å². The minimum Gasteiger partial charge on any atom is -0.394 e. The molecular formula is C9H19O5PS. The Morgan fingerprint density at radius 1 is 1.44 bits per heavy atom. The molecular weight excluding hydrogens is 251 g/mol. The minimum atomic E-state index is -3.03. The van der Waals surface area contributed by atoms with Crippen LogP contribution in [0.1, 0.15) is 13.8 Å². The van der Waals surface area contributed by atoms with Gasteiger partial charge >= 0.3 is 7.60 Å². The Bertz CT molecular complexity index is 240. The van der Waals surface area contributed by atoms with Gasteiger partial charge in [-0.1, -0.05) is 0 Å². The highest BCUT2D eigenvalue weighted by Crippen LogP contribution is 2.51. The van der Waals surface area contributed by atoms with E-state index in [4.69, 9.17) is 18.9 Å². The molecule has 7 heteroatoms. The Morgan fingerprint density at radius 3 is 2.50 bits per heavy atom. The van der Waals surface area contributed by atoms with Crippen LogP contribution in [0, 0.1) is 0 Å². The predicted octanol–water partition coefficient (Wildman–Crippen LogP) is 1.70. The van der Waals surface area contributed by atoms with Crippen molar-refractivity contribution in [1.82, 2.24) is 0 Å². The minimum absolute atomic E-state index is 0.00291. The second-order valence-corrected chi connectivity index (χ2v) is 6.63. The summed E-state index contributed by atoms with van der Waals surface area (Å²) in [6, 6.07) is 0. The fraction of sp³-hybridized carbons (Fsp3) is 1.00. The maximum absolute atomic E-state index is 12.2. The summed E-state index contributed by atoms with van der Waals surface area (Å²) in [4.78, 5) is 0. The number of ether oxygens (including phenoxy) is 1. The van der Waals surface area contributed by atoms with Crippen LogP contribution in [-0.4, -0.2) is 48.4 Å². The largest absolute Gasteiger partial charge is 0.394 e. The van der Waals surface area contributed by atoms with E-state index in [2.05, 4.69) is 0 Å². The second kappa shape index (κ2) is 6.99. The lowest BCUT2D eigenvalue weighted by Gasteiger charge is -2.19. The molecule has 0 spiro atoms. The van der Waals surface area contributed by atoms with E-state index in [1.54, 1.807) is 13.8 Å². The first-order chi connectivity index (χ1) is 7.63. The first-order valence-corrected chi connectivity index (χ1v) is 8.17. The van der Waals surface area contributed by atoms with Crippen molar-refractivity contribution in [3.8, 4) is 0 Å². The lowest BCUT2D eigenvalue weighted by molar-refractivity contribution is 0.0325. The molecule has 0 aromatic rings. The predicted molar refractivity (Wildman–Crippen MR) is 63.9 cm³/mol. The molecule has 0 saturated carbocycles. The maximum Gasteiger partial charge on any atom is 0.334 e. The topological polar surface area (TPSA) is 65.0 Å². The highest BCUT2D eigenvalue weighted by molar-refractivity contribution is 8.00. The maximum atomic E-state index is 12.2. The third-order valence-corrected chi connectivity index (χ3v) is 5.58. The standard InChI is InChI=1S/C9H19O5PS/c1-3-12-15(11,13-4-2)6-9-14-8(5-10)7-16-9/h8-10H,3-7H2,1-2H3. The fourth-order valence-electron chi connectivity index (χ4n) is 1.42. The summed E-state index contributed by atoms with van der Waals surface area (Å²) in [6.45, 7) is 4.28. The van der Waals surface area contributed by atoms with E-state index in [-0.39, 0.29) is 24.3 Å². The summed E-state index contributed by atoms with van der Waals surface area (Å²) >= 11 is 1.54. The van der Waals surface area contributed by atoms with Crippen molar-refractivity contribution >= 4 is 19.4 Å². The molecule has 1 aliphatic rings. The number of hydrogen-bond donors (Lipinski definition) is 1. The average molecular weight is 270 g/mol. The van der Waals surface area contributed by atoms with Crippen LogP contribution in [0.4, 0.5) is 0 Å². The Hall–Kier alpha value is 0.420. The lowest BCUT2D eigenvalue weighted by Crippen LogP contribution is -2.19. The number of rotatable bonds is 7. The van der Waals surface area contributed by atoms with E-state index in [1.807, 2.05) is 0 Å². The SMILES string of the molecule is CCOP(=O)(CC1OC(CO)CS1)OCC. The molecule has 1 saturated heterocycles. The van der Waals surface area contributed by atoms with Crippen molar-refractivity contribution in [2.75, 3.05) is 31.7 Å². The van der Waals surface area contributed by atoms with Gasteiger partial charge in [-0.3, -0.25) is 4.57 Å². The smallest absolute Gasteiger partial charge is 0.334 e.